The summed E-state index contributed by atoms with van der Waals surface area (Å²) in [5.41, 5.74) is 7.58. The lowest BCUT2D eigenvalue weighted by molar-refractivity contribution is 0.506. The Kier molecular flexibility index (Phi) is 3.15. The van der Waals surface area contributed by atoms with Crippen LogP contribution in [-0.2, 0) is 12.8 Å². The Morgan fingerprint density at radius 3 is 2.73 bits per heavy atom. The Morgan fingerprint density at radius 1 is 1.20 bits per heavy atom. The molecule has 2 aromatic rings. The minimum absolute atomic E-state index is 0.608. The number of oxazole rings is 1. The molecule has 0 aliphatic carbocycles. The summed E-state index contributed by atoms with van der Waals surface area (Å²) in [7, 11) is 0. The van der Waals surface area contributed by atoms with Crippen molar-refractivity contribution >= 4 is 0 Å². The normalized spacial score (nSPS) is 10.5. The predicted molar refractivity (Wildman–Crippen MR) is 58.5 cm³/mol. The van der Waals surface area contributed by atoms with Crippen LogP contribution in [0.15, 0.2) is 41.0 Å². The van der Waals surface area contributed by atoms with Gasteiger partial charge in [0, 0.05) is 12.8 Å². The van der Waals surface area contributed by atoms with Gasteiger partial charge < -0.3 is 10.2 Å². The minimum Gasteiger partial charge on any atom is -0.448 e. The average molecular weight is 202 g/mol. The minimum atomic E-state index is 0.608. The number of nitrogens with two attached hydrogens (primary N) is 1. The van der Waals surface area contributed by atoms with E-state index in [1.165, 1.54) is 5.56 Å². The van der Waals surface area contributed by atoms with Crippen LogP contribution in [0.1, 0.15) is 17.1 Å². The summed E-state index contributed by atoms with van der Waals surface area (Å²) >= 11 is 0. The molecule has 0 spiro atoms. The predicted octanol–water partition coefficient (Wildman–Crippen LogP) is 1.77. The molecule has 2 rings (SSSR count). The van der Waals surface area contributed by atoms with E-state index in [2.05, 4.69) is 17.1 Å². The van der Waals surface area contributed by atoms with E-state index in [4.69, 9.17) is 10.2 Å². The summed E-state index contributed by atoms with van der Waals surface area (Å²) in [5, 5.41) is 0. The van der Waals surface area contributed by atoms with Crippen LogP contribution in [0.2, 0.25) is 0 Å². The number of aromatic nitrogens is 1. The second kappa shape index (κ2) is 4.75. The maximum absolute atomic E-state index is 5.44. The third-order valence-electron chi connectivity index (χ3n) is 2.20. The second-order valence-corrected chi connectivity index (χ2v) is 3.43. The molecule has 1 aromatic carbocycles. The van der Waals surface area contributed by atoms with Crippen molar-refractivity contribution in [2.45, 2.75) is 12.8 Å². The quantitative estimate of drug-likeness (QED) is 0.822. The molecule has 2 N–H and O–H groups in total. The highest BCUT2D eigenvalue weighted by molar-refractivity contribution is 5.18. The molecule has 0 saturated heterocycles. The molecule has 0 radical (unpaired) electrons. The summed E-state index contributed by atoms with van der Waals surface area (Å²) in [6.07, 6.45) is 3.20. The Morgan fingerprint density at radius 2 is 2.00 bits per heavy atom. The van der Waals surface area contributed by atoms with Gasteiger partial charge in [-0.15, -0.1) is 0 Å². The van der Waals surface area contributed by atoms with Gasteiger partial charge in [0.15, 0.2) is 5.89 Å². The number of rotatable bonds is 4. The van der Waals surface area contributed by atoms with E-state index in [-0.39, 0.29) is 0 Å². The molecule has 0 saturated carbocycles. The van der Waals surface area contributed by atoms with E-state index in [1.54, 1.807) is 6.26 Å². The molecule has 0 amide bonds. The Bertz CT molecular complexity index is 409. The number of hydrogen-bond acceptors (Lipinski definition) is 3. The van der Waals surface area contributed by atoms with Crippen LogP contribution in [0.3, 0.4) is 0 Å². The van der Waals surface area contributed by atoms with Crippen molar-refractivity contribution in [3.63, 3.8) is 0 Å². The van der Waals surface area contributed by atoms with Crippen LogP contribution >= 0.6 is 0 Å². The van der Waals surface area contributed by atoms with Crippen molar-refractivity contribution in [1.29, 1.82) is 0 Å². The van der Waals surface area contributed by atoms with E-state index in [0.29, 0.717) is 6.54 Å². The van der Waals surface area contributed by atoms with Gasteiger partial charge in [0.05, 0.1) is 5.69 Å². The van der Waals surface area contributed by atoms with Gasteiger partial charge in [0.1, 0.15) is 6.26 Å². The van der Waals surface area contributed by atoms with E-state index in [0.717, 1.165) is 24.4 Å². The molecule has 0 aliphatic rings. The molecule has 3 heteroatoms. The van der Waals surface area contributed by atoms with Crippen LogP contribution in [0.5, 0.6) is 0 Å². The third-order valence-corrected chi connectivity index (χ3v) is 2.20. The fourth-order valence-corrected chi connectivity index (χ4v) is 1.46. The molecule has 1 heterocycles. The summed E-state index contributed by atoms with van der Waals surface area (Å²) in [5.74, 6) is 0.754. The van der Waals surface area contributed by atoms with Gasteiger partial charge in [0.2, 0.25) is 0 Å². The molecule has 0 atom stereocenters. The zero-order valence-corrected chi connectivity index (χ0v) is 8.52. The zero-order chi connectivity index (χ0) is 10.5. The molecule has 15 heavy (non-hydrogen) atoms. The number of nitrogens with zero attached hydrogens (tertiary/aromatic N) is 1. The highest BCUT2D eigenvalue weighted by Gasteiger charge is 2.03. The lowest BCUT2D eigenvalue weighted by Crippen LogP contribution is -2.02. The van der Waals surface area contributed by atoms with Gasteiger partial charge in [-0.3, -0.25) is 0 Å². The van der Waals surface area contributed by atoms with E-state index < -0.39 is 0 Å². The summed E-state index contributed by atoms with van der Waals surface area (Å²) < 4.78 is 5.35. The van der Waals surface area contributed by atoms with Crippen molar-refractivity contribution in [2.24, 2.45) is 5.73 Å². The van der Waals surface area contributed by atoms with E-state index >= 15 is 0 Å². The average Bonchev–Trinajstić information content (AvgIpc) is 2.68. The topological polar surface area (TPSA) is 52.0 Å². The van der Waals surface area contributed by atoms with Gasteiger partial charge in [0.25, 0.3) is 0 Å². The Labute approximate surface area is 88.9 Å². The van der Waals surface area contributed by atoms with Gasteiger partial charge in [-0.25, -0.2) is 4.98 Å². The monoisotopic (exact) mass is 202 g/mol. The fourth-order valence-electron chi connectivity index (χ4n) is 1.46. The first-order valence-corrected chi connectivity index (χ1v) is 5.06. The largest absolute Gasteiger partial charge is 0.448 e. The van der Waals surface area contributed by atoms with Crippen molar-refractivity contribution in [3.8, 4) is 0 Å². The summed E-state index contributed by atoms with van der Waals surface area (Å²) in [4.78, 5) is 4.35. The van der Waals surface area contributed by atoms with Gasteiger partial charge in [-0.1, -0.05) is 30.3 Å². The number of hydrogen-bond donors (Lipinski definition) is 1. The SMILES string of the molecule is NCCc1coc(Cc2ccccc2)n1. The van der Waals surface area contributed by atoms with Crippen molar-refractivity contribution in [1.82, 2.24) is 4.98 Å². The molecular weight excluding hydrogens is 188 g/mol. The van der Waals surface area contributed by atoms with Crippen LogP contribution in [0.25, 0.3) is 0 Å². The van der Waals surface area contributed by atoms with Crippen LogP contribution in [-0.4, -0.2) is 11.5 Å². The summed E-state index contributed by atoms with van der Waals surface area (Å²) in [6, 6.07) is 10.1. The van der Waals surface area contributed by atoms with Gasteiger partial charge in [-0.2, -0.15) is 0 Å². The zero-order valence-electron chi connectivity index (χ0n) is 8.52. The molecule has 3 nitrogen and oxygen atoms in total. The lowest BCUT2D eigenvalue weighted by Gasteiger charge is -1.95. The highest BCUT2D eigenvalue weighted by atomic mass is 16.3. The highest BCUT2D eigenvalue weighted by Crippen LogP contribution is 2.09. The van der Waals surface area contributed by atoms with E-state index in [1.807, 2.05) is 18.2 Å². The maximum Gasteiger partial charge on any atom is 0.198 e. The van der Waals surface area contributed by atoms with Crippen LogP contribution in [0, 0.1) is 0 Å². The first-order valence-electron chi connectivity index (χ1n) is 5.06. The van der Waals surface area contributed by atoms with E-state index in [9.17, 15) is 0 Å². The molecular formula is C12H14N2O. The smallest absolute Gasteiger partial charge is 0.198 e. The molecule has 0 bridgehead atoms. The van der Waals surface area contributed by atoms with Gasteiger partial charge in [-0.05, 0) is 12.1 Å². The lowest BCUT2D eigenvalue weighted by atomic mass is 10.1. The second-order valence-electron chi connectivity index (χ2n) is 3.43. The first kappa shape index (κ1) is 9.93. The number of benzene rings is 1. The van der Waals surface area contributed by atoms with Crippen molar-refractivity contribution in [2.75, 3.05) is 6.54 Å². The van der Waals surface area contributed by atoms with Crippen LogP contribution in [0.4, 0.5) is 0 Å². The molecule has 78 valence electrons. The Balaban J connectivity index is 2.05. The van der Waals surface area contributed by atoms with Crippen molar-refractivity contribution < 1.29 is 4.42 Å². The molecule has 0 unspecified atom stereocenters. The molecule has 1 aromatic heterocycles. The van der Waals surface area contributed by atoms with Crippen LogP contribution < -0.4 is 5.73 Å². The summed E-state index contributed by atoms with van der Waals surface area (Å²) in [6.45, 7) is 0.608. The third kappa shape index (κ3) is 2.67. The molecule has 0 aliphatic heterocycles. The van der Waals surface area contributed by atoms with Gasteiger partial charge >= 0.3 is 0 Å². The standard InChI is InChI=1S/C12H14N2O/c13-7-6-11-9-15-12(14-11)8-10-4-2-1-3-5-10/h1-5,9H,6-8,13H2. The molecule has 0 fully saturated rings. The van der Waals surface area contributed by atoms with Crippen molar-refractivity contribution in [3.05, 3.63) is 53.7 Å². The first-order chi connectivity index (χ1) is 7.38. The Hall–Kier alpha value is -1.61. The fraction of sp³-hybridized carbons (Fsp3) is 0.250. The maximum atomic E-state index is 5.44.